The van der Waals surface area contributed by atoms with E-state index in [0.717, 1.165) is 6.07 Å². The van der Waals surface area contributed by atoms with Crippen molar-refractivity contribution < 1.29 is 32.6 Å². The molecule has 0 atom stereocenters. The quantitative estimate of drug-likeness (QED) is 0.421. The molecule has 1 amide bonds. The van der Waals surface area contributed by atoms with Crippen LogP contribution in [0.25, 0.3) is 22.2 Å². The summed E-state index contributed by atoms with van der Waals surface area (Å²) in [4.78, 5) is 37.7. The van der Waals surface area contributed by atoms with Crippen molar-refractivity contribution in [3.63, 3.8) is 0 Å². The summed E-state index contributed by atoms with van der Waals surface area (Å²) in [7, 11) is 2.48. The van der Waals surface area contributed by atoms with E-state index in [1.807, 2.05) is 0 Å². The third-order valence-electron chi connectivity index (χ3n) is 4.58. The lowest BCUT2D eigenvalue weighted by molar-refractivity contribution is 0.111. The maximum absolute atomic E-state index is 15.0. The molecule has 2 heterocycles. The molecule has 2 N–H and O–H groups in total. The zero-order chi connectivity index (χ0) is 23.5. The van der Waals surface area contributed by atoms with Crippen LogP contribution in [0, 0.1) is 11.6 Å². The Morgan fingerprint density at radius 1 is 1.00 bits per heavy atom. The second-order valence-electron chi connectivity index (χ2n) is 6.47. The average Bonchev–Trinajstić information content (AvgIpc) is 3.28. The van der Waals surface area contributed by atoms with Crippen LogP contribution in [0.4, 0.5) is 19.5 Å². The first-order valence-electron chi connectivity index (χ1n) is 9.29. The number of ether oxygens (including phenoxy) is 3. The molecule has 4 rings (SSSR count). The number of anilines is 1. The molecule has 2 aromatic heterocycles. The maximum atomic E-state index is 15.0. The molecular formula is C21H15F2N5O5. The van der Waals surface area contributed by atoms with Crippen LogP contribution in [0.1, 0.15) is 10.5 Å². The molecule has 0 aliphatic rings. The maximum Gasteiger partial charge on any atom is 0.419 e. The normalized spacial score (nSPS) is 10.7. The lowest BCUT2D eigenvalue weighted by Crippen LogP contribution is -2.18. The molecule has 4 aromatic rings. The molecule has 33 heavy (non-hydrogen) atoms. The number of nitrogens with one attached hydrogen (secondary N) is 2. The van der Waals surface area contributed by atoms with Crippen molar-refractivity contribution in [3.05, 3.63) is 54.1 Å². The Morgan fingerprint density at radius 2 is 1.67 bits per heavy atom. The van der Waals surface area contributed by atoms with Crippen LogP contribution in [0.5, 0.6) is 17.2 Å². The number of H-pyrrole nitrogens is 1. The van der Waals surface area contributed by atoms with Crippen molar-refractivity contribution in [2.75, 3.05) is 19.5 Å². The highest BCUT2D eigenvalue weighted by molar-refractivity contribution is 5.97. The first kappa shape index (κ1) is 21.6. The number of rotatable bonds is 6. The molecule has 0 spiro atoms. The Morgan fingerprint density at radius 3 is 2.27 bits per heavy atom. The molecule has 0 unspecified atom stereocenters. The number of carbonyl (C=O) groups excluding carboxylic acids is 2. The van der Waals surface area contributed by atoms with Crippen LogP contribution in [0.3, 0.4) is 0 Å². The van der Waals surface area contributed by atoms with Crippen molar-refractivity contribution in [2.45, 2.75) is 0 Å². The Bertz CT molecular complexity index is 1350. The number of aromatic amines is 1. The summed E-state index contributed by atoms with van der Waals surface area (Å²) in [5, 5.41) is 2.32. The van der Waals surface area contributed by atoms with Crippen molar-refractivity contribution in [2.24, 2.45) is 0 Å². The predicted molar refractivity (Wildman–Crippen MR) is 112 cm³/mol. The Balaban J connectivity index is 1.76. The van der Waals surface area contributed by atoms with Gasteiger partial charge in [-0.1, -0.05) is 0 Å². The van der Waals surface area contributed by atoms with Crippen LogP contribution in [-0.4, -0.2) is 46.5 Å². The molecular weight excluding hydrogens is 440 g/mol. The first-order valence-corrected chi connectivity index (χ1v) is 9.29. The fourth-order valence-corrected chi connectivity index (χ4v) is 3.12. The third kappa shape index (κ3) is 4.01. The largest absolute Gasteiger partial charge is 0.494 e. The fraction of sp³-hybridized carbons (Fsp3) is 0.0952. The number of imidazole rings is 1. The minimum atomic E-state index is -0.960. The minimum absolute atomic E-state index is 0.0123. The van der Waals surface area contributed by atoms with E-state index in [9.17, 15) is 9.59 Å². The number of hydrogen-bond acceptors (Lipinski definition) is 8. The topological polar surface area (TPSA) is 128 Å². The number of hydrogen-bond donors (Lipinski definition) is 2. The van der Waals surface area contributed by atoms with Crippen LogP contribution >= 0.6 is 0 Å². The predicted octanol–water partition coefficient (Wildman–Crippen LogP) is 3.74. The van der Waals surface area contributed by atoms with E-state index in [2.05, 4.69) is 25.3 Å². The number of fused-ring (bicyclic) bond motifs is 1. The van der Waals surface area contributed by atoms with Crippen molar-refractivity contribution in [1.29, 1.82) is 0 Å². The molecule has 12 heteroatoms. The number of nitrogens with zero attached hydrogens (tertiary/aromatic N) is 3. The number of benzene rings is 2. The van der Waals surface area contributed by atoms with Crippen molar-refractivity contribution in [3.8, 4) is 28.4 Å². The highest BCUT2D eigenvalue weighted by atomic mass is 19.1. The van der Waals surface area contributed by atoms with Gasteiger partial charge in [-0.3, -0.25) is 15.1 Å². The van der Waals surface area contributed by atoms with E-state index in [-0.39, 0.29) is 45.5 Å². The van der Waals surface area contributed by atoms with Gasteiger partial charge in [0.05, 0.1) is 31.7 Å². The summed E-state index contributed by atoms with van der Waals surface area (Å²) in [6.45, 7) is 0. The van der Waals surface area contributed by atoms with Crippen molar-refractivity contribution >= 4 is 29.4 Å². The second kappa shape index (κ2) is 8.86. The summed E-state index contributed by atoms with van der Waals surface area (Å²) in [6, 6.07) is 3.74. The van der Waals surface area contributed by atoms with Gasteiger partial charge in [-0.15, -0.1) is 0 Å². The van der Waals surface area contributed by atoms with Gasteiger partial charge < -0.3 is 19.2 Å². The standard InChI is InChI=1S/C21H15F2N5O5/c1-31-13-7-14(32-2)17(23)15(16(13)22)11-3-4-12(19-18(11)24-5-6-25-19)33-21(30)28-20-26-8-10(9-29)27-20/h3-9H,1-2H3,(H2,26,27,28,30). The zero-order valence-corrected chi connectivity index (χ0v) is 17.2. The van der Waals surface area contributed by atoms with Gasteiger partial charge in [-0.25, -0.2) is 23.5 Å². The summed E-state index contributed by atoms with van der Waals surface area (Å²) in [6.07, 6.45) is 3.47. The van der Waals surface area contributed by atoms with Gasteiger partial charge in [-0.2, -0.15) is 0 Å². The molecule has 168 valence electrons. The van der Waals surface area contributed by atoms with Gasteiger partial charge in [0.15, 0.2) is 35.2 Å². The van der Waals surface area contributed by atoms with E-state index in [1.54, 1.807) is 0 Å². The van der Waals surface area contributed by atoms with E-state index < -0.39 is 23.3 Å². The Hall–Kier alpha value is -4.61. The lowest BCUT2D eigenvalue weighted by Gasteiger charge is -2.15. The summed E-state index contributed by atoms with van der Waals surface area (Å²) in [5.41, 5.74) is -0.107. The van der Waals surface area contributed by atoms with Crippen LogP contribution in [0.15, 0.2) is 36.8 Å². The SMILES string of the molecule is COc1cc(OC)c(F)c(-c2ccc(OC(=O)Nc3ncc(C=O)[nH]3)c3nccnc23)c1F. The molecule has 0 aliphatic carbocycles. The zero-order valence-electron chi connectivity index (χ0n) is 17.2. The van der Waals surface area contributed by atoms with E-state index in [1.165, 1.54) is 44.9 Å². The number of amides is 1. The number of aldehydes is 1. The summed E-state index contributed by atoms with van der Waals surface area (Å²) in [5.74, 6) is -2.42. The first-order chi connectivity index (χ1) is 16.0. The molecule has 0 radical (unpaired) electrons. The fourth-order valence-electron chi connectivity index (χ4n) is 3.12. The van der Waals surface area contributed by atoms with Crippen LogP contribution < -0.4 is 19.5 Å². The monoisotopic (exact) mass is 455 g/mol. The third-order valence-corrected chi connectivity index (χ3v) is 4.58. The molecule has 0 fully saturated rings. The highest BCUT2D eigenvalue weighted by Gasteiger charge is 2.25. The summed E-state index contributed by atoms with van der Waals surface area (Å²) < 4.78 is 45.4. The second-order valence-corrected chi connectivity index (χ2v) is 6.47. The number of carbonyl (C=O) groups is 2. The van der Waals surface area contributed by atoms with E-state index in [4.69, 9.17) is 14.2 Å². The van der Waals surface area contributed by atoms with Crippen molar-refractivity contribution in [1.82, 2.24) is 19.9 Å². The molecule has 2 aromatic carbocycles. The Labute approximate surface area is 184 Å². The van der Waals surface area contributed by atoms with Crippen LogP contribution in [0.2, 0.25) is 0 Å². The van der Waals surface area contributed by atoms with Crippen LogP contribution in [-0.2, 0) is 0 Å². The molecule has 0 saturated heterocycles. The smallest absolute Gasteiger partial charge is 0.419 e. The van der Waals surface area contributed by atoms with Gasteiger partial charge in [0.25, 0.3) is 0 Å². The highest BCUT2D eigenvalue weighted by Crippen LogP contribution is 2.41. The van der Waals surface area contributed by atoms with Gasteiger partial charge in [0.2, 0.25) is 5.95 Å². The number of halogens is 2. The van der Waals surface area contributed by atoms with Gasteiger partial charge in [-0.05, 0) is 12.1 Å². The Kier molecular flexibility index (Phi) is 5.81. The average molecular weight is 455 g/mol. The molecule has 0 bridgehead atoms. The molecule has 0 aliphatic heterocycles. The van der Waals surface area contributed by atoms with Gasteiger partial charge >= 0.3 is 6.09 Å². The van der Waals surface area contributed by atoms with Gasteiger partial charge in [0.1, 0.15) is 11.0 Å². The summed E-state index contributed by atoms with van der Waals surface area (Å²) >= 11 is 0. The number of methoxy groups -OCH3 is 2. The van der Waals surface area contributed by atoms with E-state index >= 15 is 8.78 Å². The lowest BCUT2D eigenvalue weighted by atomic mass is 10.0. The number of aromatic nitrogens is 4. The molecule has 0 saturated carbocycles. The minimum Gasteiger partial charge on any atom is -0.494 e. The van der Waals surface area contributed by atoms with Gasteiger partial charge in [0, 0.05) is 24.0 Å². The van der Waals surface area contributed by atoms with E-state index in [0.29, 0.717) is 6.29 Å². The molecule has 10 nitrogen and oxygen atoms in total.